The van der Waals surface area contributed by atoms with Crippen molar-refractivity contribution in [3.05, 3.63) is 135 Å². The molecule has 0 aromatic heterocycles. The molecule has 0 radical (unpaired) electrons. The summed E-state index contributed by atoms with van der Waals surface area (Å²) in [5, 5.41) is 18.2. The molecule has 6 rings (SSSR count). The number of benzene rings is 4. The number of carbonyl (C=O) groups excluding carboxylic acids is 2. The molecule has 0 aliphatic heterocycles. The molecule has 4 aromatic rings. The minimum atomic E-state index is -0.461. The van der Waals surface area contributed by atoms with Gasteiger partial charge in [0.2, 0.25) is 0 Å². The average molecular weight is 509 g/mol. The number of hydrogen-bond donors (Lipinski definition) is 0. The quantitative estimate of drug-likeness (QED) is 0.180. The van der Waals surface area contributed by atoms with E-state index in [0.717, 1.165) is 36.8 Å². The Kier molecular flexibility index (Phi) is 6.06. The third kappa shape index (κ3) is 4.19. The first-order chi connectivity index (χ1) is 19.0. The second kappa shape index (κ2) is 9.71. The highest BCUT2D eigenvalue weighted by Gasteiger charge is 2.48. The van der Waals surface area contributed by atoms with Gasteiger partial charge in [-0.15, -0.1) is 0 Å². The van der Waals surface area contributed by atoms with Crippen molar-refractivity contribution in [3.63, 3.8) is 0 Å². The number of hydrogen-bond acceptors (Lipinski definition) is 5. The van der Waals surface area contributed by atoms with Gasteiger partial charge >= 0.3 is 5.97 Å². The van der Waals surface area contributed by atoms with E-state index in [4.69, 9.17) is 15.3 Å². The fourth-order valence-corrected chi connectivity index (χ4v) is 6.33. The fourth-order valence-electron chi connectivity index (χ4n) is 6.33. The molecule has 0 heterocycles. The van der Waals surface area contributed by atoms with Gasteiger partial charge in [-0.25, -0.2) is 4.79 Å². The van der Waals surface area contributed by atoms with Crippen molar-refractivity contribution < 1.29 is 14.3 Å². The first-order valence-electron chi connectivity index (χ1n) is 13.0. The van der Waals surface area contributed by atoms with Crippen molar-refractivity contribution in [2.24, 2.45) is 0 Å². The lowest BCUT2D eigenvalue weighted by Crippen LogP contribution is -2.25. The van der Waals surface area contributed by atoms with E-state index in [0.29, 0.717) is 28.0 Å². The van der Waals surface area contributed by atoms with Crippen molar-refractivity contribution >= 4 is 11.8 Å². The van der Waals surface area contributed by atoms with Crippen molar-refractivity contribution in [2.45, 2.75) is 37.5 Å². The zero-order valence-corrected chi connectivity index (χ0v) is 21.2. The molecular weight excluding hydrogens is 484 g/mol. The minimum absolute atomic E-state index is 0.00805. The van der Waals surface area contributed by atoms with E-state index in [1.54, 1.807) is 48.5 Å². The summed E-state index contributed by atoms with van der Waals surface area (Å²) in [4.78, 5) is 26.4. The van der Waals surface area contributed by atoms with Gasteiger partial charge in [-0.05, 0) is 90.4 Å². The van der Waals surface area contributed by atoms with Crippen LogP contribution >= 0.6 is 0 Å². The maximum Gasteiger partial charge on any atom is 0.343 e. The molecule has 5 nitrogen and oxygen atoms in total. The molecule has 1 atom stereocenters. The van der Waals surface area contributed by atoms with Gasteiger partial charge < -0.3 is 4.74 Å². The van der Waals surface area contributed by atoms with Crippen molar-refractivity contribution in [2.75, 3.05) is 0 Å². The predicted molar refractivity (Wildman–Crippen MR) is 146 cm³/mol. The largest absolute Gasteiger partial charge is 0.423 e. The van der Waals surface area contributed by atoms with Gasteiger partial charge in [0.15, 0.2) is 5.78 Å². The van der Waals surface area contributed by atoms with Crippen LogP contribution in [0.5, 0.6) is 5.75 Å². The van der Waals surface area contributed by atoms with Gasteiger partial charge in [0.05, 0.1) is 28.8 Å². The van der Waals surface area contributed by atoms with Crippen LogP contribution in [0.1, 0.15) is 72.5 Å². The number of rotatable bonds is 5. The van der Waals surface area contributed by atoms with Crippen LogP contribution in [0, 0.1) is 22.7 Å². The Morgan fingerprint density at radius 2 is 1.28 bits per heavy atom. The summed E-state index contributed by atoms with van der Waals surface area (Å²) < 4.78 is 6.02. The first kappa shape index (κ1) is 24.3. The summed E-state index contributed by atoms with van der Waals surface area (Å²) in [5.41, 5.74) is 7.29. The molecule has 1 spiro atoms. The zero-order valence-electron chi connectivity index (χ0n) is 21.2. The normalized spacial score (nSPS) is 16.7. The molecule has 0 bridgehead atoms. The summed E-state index contributed by atoms with van der Waals surface area (Å²) >= 11 is 0. The van der Waals surface area contributed by atoms with E-state index in [1.807, 2.05) is 24.3 Å². The van der Waals surface area contributed by atoms with E-state index in [1.165, 1.54) is 16.7 Å². The van der Waals surface area contributed by atoms with E-state index in [-0.39, 0.29) is 17.6 Å². The second-order valence-corrected chi connectivity index (χ2v) is 10.2. The summed E-state index contributed by atoms with van der Waals surface area (Å²) in [6.45, 7) is 0. The van der Waals surface area contributed by atoms with Gasteiger partial charge in [0.25, 0.3) is 0 Å². The Hall–Kier alpha value is -5.00. The van der Waals surface area contributed by atoms with E-state index < -0.39 is 5.97 Å². The Morgan fingerprint density at radius 1 is 0.718 bits per heavy atom. The van der Waals surface area contributed by atoms with Crippen LogP contribution in [0.2, 0.25) is 0 Å². The zero-order chi connectivity index (χ0) is 27.0. The fraction of sp³-hybridized carbons (Fsp3) is 0.176. The molecule has 1 unspecified atom stereocenters. The lowest BCUT2D eigenvalue weighted by molar-refractivity contribution is 0.0731. The van der Waals surface area contributed by atoms with Gasteiger partial charge in [-0.3, -0.25) is 4.79 Å². The van der Waals surface area contributed by atoms with Crippen LogP contribution in [0.25, 0.3) is 0 Å². The van der Waals surface area contributed by atoms with Crippen LogP contribution < -0.4 is 4.74 Å². The van der Waals surface area contributed by atoms with Crippen LogP contribution in [0.3, 0.4) is 0 Å². The van der Waals surface area contributed by atoms with Crippen LogP contribution in [0.4, 0.5) is 0 Å². The molecule has 0 N–H and O–H groups in total. The molecule has 188 valence electrons. The highest BCUT2D eigenvalue weighted by molar-refractivity contribution is 5.98. The van der Waals surface area contributed by atoms with Crippen LogP contribution in [-0.4, -0.2) is 11.8 Å². The maximum absolute atomic E-state index is 13.3. The van der Waals surface area contributed by atoms with E-state index >= 15 is 0 Å². The number of carbonyl (C=O) groups is 2. The molecule has 0 fully saturated rings. The number of fused-ring (bicyclic) bond motifs is 4. The third-order valence-electron chi connectivity index (χ3n) is 8.09. The molecular formula is C34H24N2O3. The Morgan fingerprint density at radius 3 is 1.90 bits per heavy atom. The molecule has 39 heavy (non-hydrogen) atoms. The summed E-state index contributed by atoms with van der Waals surface area (Å²) in [7, 11) is 0. The lowest BCUT2D eigenvalue weighted by Gasteiger charge is -2.30. The number of ketones is 1. The number of Topliss-reactive ketones (excluding diaryl/α,β-unsaturated/α-hetero) is 1. The van der Waals surface area contributed by atoms with Gasteiger partial charge in [-0.1, -0.05) is 42.5 Å². The van der Waals surface area contributed by atoms with E-state index in [9.17, 15) is 9.59 Å². The van der Waals surface area contributed by atoms with Gasteiger partial charge in [-0.2, -0.15) is 10.5 Å². The highest BCUT2D eigenvalue weighted by atomic mass is 16.5. The summed E-state index contributed by atoms with van der Waals surface area (Å²) in [6, 6.07) is 29.5. The van der Waals surface area contributed by atoms with Gasteiger partial charge in [0, 0.05) is 23.0 Å². The van der Waals surface area contributed by atoms with Crippen molar-refractivity contribution in [1.29, 1.82) is 10.5 Å². The Labute approximate surface area is 226 Å². The van der Waals surface area contributed by atoms with Gasteiger partial charge in [0.1, 0.15) is 5.75 Å². The minimum Gasteiger partial charge on any atom is -0.423 e. The van der Waals surface area contributed by atoms with Crippen LogP contribution in [0.15, 0.2) is 84.9 Å². The average Bonchev–Trinajstić information content (AvgIpc) is 3.55. The highest BCUT2D eigenvalue weighted by Crippen LogP contribution is 2.56. The topological polar surface area (TPSA) is 90.9 Å². The maximum atomic E-state index is 13.3. The summed E-state index contributed by atoms with van der Waals surface area (Å²) in [6.07, 6.45) is 3.81. The van der Waals surface area contributed by atoms with E-state index in [2.05, 4.69) is 24.3 Å². The molecule has 5 heteroatoms. The Balaban J connectivity index is 1.37. The number of ether oxygens (including phenoxy) is 1. The molecule has 2 aliphatic rings. The number of aryl methyl sites for hydroxylation is 2. The van der Waals surface area contributed by atoms with Crippen LogP contribution in [-0.2, 0) is 24.7 Å². The number of esters is 1. The summed E-state index contributed by atoms with van der Waals surface area (Å²) in [5.74, 6) is 0.103. The molecule has 0 saturated carbocycles. The second-order valence-electron chi connectivity index (χ2n) is 10.2. The monoisotopic (exact) mass is 508 g/mol. The Bertz CT molecular complexity index is 1570. The smallest absolute Gasteiger partial charge is 0.343 e. The first-order valence-corrected chi connectivity index (χ1v) is 13.0. The van der Waals surface area contributed by atoms with Crippen molar-refractivity contribution in [3.8, 4) is 17.9 Å². The number of nitrogens with zero attached hydrogens (tertiary/aromatic N) is 2. The predicted octanol–water partition coefficient (Wildman–Crippen LogP) is 6.25. The molecule has 0 amide bonds. The lowest BCUT2D eigenvalue weighted by atomic mass is 9.73. The number of nitriles is 2. The SMILES string of the molecule is N#Cc1ccc(C(=O)Cc2cccc3c2C2(CC3)CCc3cccc(OC(=O)c4ccc(C#N)cc4)c32)cc1. The third-order valence-corrected chi connectivity index (χ3v) is 8.09. The molecule has 2 aliphatic carbocycles. The van der Waals surface area contributed by atoms with Crippen molar-refractivity contribution in [1.82, 2.24) is 0 Å². The molecule has 0 saturated heterocycles. The standard InChI is InChI=1S/C34H24N2O3/c35-20-22-7-11-24(12-8-22)29(37)19-28-5-1-3-25-15-17-34(31(25)28)18-16-26-4-2-6-30(32(26)34)39-33(38)27-13-9-23(21-36)10-14-27/h1-14H,15-19H2. The molecule has 4 aromatic carbocycles.